The molecule has 0 fully saturated rings. The van der Waals surface area contributed by atoms with Gasteiger partial charge in [-0.05, 0) is 47.5 Å². The molecule has 0 aliphatic carbocycles. The van der Waals surface area contributed by atoms with Crippen LogP contribution in [0.4, 0.5) is 0 Å². The standard InChI is InChI=1S/C15H16N2S.CH3I/c1-9-8-18-13-4-3-12-15(14(9)13)10-7-17(2)6-5-11(10)16-12;1-2/h3-4,8,16H,5-7H2,1-2H3;1H3. The van der Waals surface area contributed by atoms with Crippen LogP contribution < -0.4 is 0 Å². The summed E-state index contributed by atoms with van der Waals surface area (Å²) in [6.07, 6.45) is 1.14. The third-order valence-electron chi connectivity index (χ3n) is 4.05. The van der Waals surface area contributed by atoms with Crippen LogP contribution >= 0.6 is 33.9 Å². The van der Waals surface area contributed by atoms with E-state index >= 15 is 0 Å². The number of aryl methyl sites for hydroxylation is 1. The number of rotatable bonds is 0. The van der Waals surface area contributed by atoms with Crippen molar-refractivity contribution in [2.75, 3.05) is 18.5 Å². The summed E-state index contributed by atoms with van der Waals surface area (Å²) in [4.78, 5) is 8.01. The van der Waals surface area contributed by atoms with Gasteiger partial charge in [0.05, 0.1) is 0 Å². The van der Waals surface area contributed by atoms with Gasteiger partial charge in [0, 0.05) is 46.2 Å². The van der Waals surface area contributed by atoms with Gasteiger partial charge < -0.3 is 9.88 Å². The second-order valence-corrected chi connectivity index (χ2v) is 6.26. The lowest BCUT2D eigenvalue weighted by Gasteiger charge is -2.22. The highest BCUT2D eigenvalue weighted by Crippen LogP contribution is 2.37. The van der Waals surface area contributed by atoms with Crippen LogP contribution in [0.25, 0.3) is 21.0 Å². The monoisotopic (exact) mass is 398 g/mol. The van der Waals surface area contributed by atoms with E-state index in [9.17, 15) is 0 Å². The molecule has 1 N–H and O–H groups in total. The minimum Gasteiger partial charge on any atom is -0.358 e. The number of thiophene rings is 1. The Morgan fingerprint density at radius 1 is 1.25 bits per heavy atom. The SMILES string of the molecule is CI.Cc1csc2ccc3[nH]c4c(c3c12)CN(C)CC4. The van der Waals surface area contributed by atoms with Crippen molar-refractivity contribution >= 4 is 54.9 Å². The highest BCUT2D eigenvalue weighted by Gasteiger charge is 2.20. The third-order valence-corrected chi connectivity index (χ3v) is 5.11. The number of likely N-dealkylation sites (N-methyl/N-ethyl adjacent to an activating group) is 1. The summed E-state index contributed by atoms with van der Waals surface area (Å²) >= 11 is 4.01. The molecule has 2 nitrogen and oxygen atoms in total. The molecule has 1 aromatic carbocycles. The maximum atomic E-state index is 3.62. The fourth-order valence-electron chi connectivity index (χ4n) is 3.13. The van der Waals surface area contributed by atoms with Gasteiger partial charge in [0.15, 0.2) is 0 Å². The number of fused-ring (bicyclic) bond motifs is 5. The first kappa shape index (κ1) is 14.4. The second-order valence-electron chi connectivity index (χ2n) is 5.35. The smallest absolute Gasteiger partial charge is 0.0466 e. The average Bonchev–Trinajstić information content (AvgIpc) is 3.01. The molecular formula is C16H19IN2S. The van der Waals surface area contributed by atoms with Crippen LogP contribution in [0.5, 0.6) is 0 Å². The fourth-order valence-corrected chi connectivity index (χ4v) is 4.08. The van der Waals surface area contributed by atoms with Crippen molar-refractivity contribution in [2.45, 2.75) is 19.9 Å². The Kier molecular flexibility index (Phi) is 4.06. The Morgan fingerprint density at radius 3 is 2.85 bits per heavy atom. The largest absolute Gasteiger partial charge is 0.358 e. The van der Waals surface area contributed by atoms with Crippen LogP contribution in [0.2, 0.25) is 0 Å². The topological polar surface area (TPSA) is 19.0 Å². The summed E-state index contributed by atoms with van der Waals surface area (Å²) in [5.74, 6) is 0. The van der Waals surface area contributed by atoms with Gasteiger partial charge in [-0.2, -0.15) is 0 Å². The lowest BCUT2D eigenvalue weighted by Crippen LogP contribution is -2.26. The number of benzene rings is 1. The maximum Gasteiger partial charge on any atom is 0.0466 e. The Bertz CT molecular complexity index is 757. The van der Waals surface area contributed by atoms with E-state index in [1.54, 1.807) is 0 Å². The molecule has 3 heterocycles. The summed E-state index contributed by atoms with van der Waals surface area (Å²) in [5.41, 5.74) is 5.69. The van der Waals surface area contributed by atoms with Crippen molar-refractivity contribution in [3.63, 3.8) is 0 Å². The Morgan fingerprint density at radius 2 is 2.05 bits per heavy atom. The summed E-state index contributed by atoms with van der Waals surface area (Å²) < 4.78 is 1.41. The first-order valence-electron chi connectivity index (χ1n) is 6.80. The van der Waals surface area contributed by atoms with E-state index in [0.29, 0.717) is 0 Å². The van der Waals surface area contributed by atoms with Gasteiger partial charge in [0.1, 0.15) is 0 Å². The van der Waals surface area contributed by atoms with Crippen molar-refractivity contribution in [3.05, 3.63) is 34.3 Å². The van der Waals surface area contributed by atoms with Gasteiger partial charge in [0.25, 0.3) is 0 Å². The van der Waals surface area contributed by atoms with E-state index in [-0.39, 0.29) is 0 Å². The summed E-state index contributed by atoms with van der Waals surface area (Å²) in [7, 11) is 2.21. The van der Waals surface area contributed by atoms with E-state index in [4.69, 9.17) is 0 Å². The molecule has 0 saturated carbocycles. The first-order chi connectivity index (χ1) is 9.74. The molecule has 4 heteroatoms. The van der Waals surface area contributed by atoms with Gasteiger partial charge in [-0.1, -0.05) is 22.6 Å². The van der Waals surface area contributed by atoms with Crippen molar-refractivity contribution < 1.29 is 0 Å². The Hall–Kier alpha value is -0.590. The first-order valence-corrected chi connectivity index (χ1v) is 9.84. The van der Waals surface area contributed by atoms with Crippen LogP contribution in [0.3, 0.4) is 0 Å². The maximum absolute atomic E-state index is 3.62. The number of hydrogen-bond acceptors (Lipinski definition) is 2. The number of nitrogens with zero attached hydrogens (tertiary/aromatic N) is 1. The molecule has 0 spiro atoms. The summed E-state index contributed by atoms with van der Waals surface area (Å²) in [6, 6.07) is 4.49. The van der Waals surface area contributed by atoms with Gasteiger partial charge in [0.2, 0.25) is 0 Å². The molecular weight excluding hydrogens is 379 g/mol. The van der Waals surface area contributed by atoms with Gasteiger partial charge >= 0.3 is 0 Å². The molecule has 0 radical (unpaired) electrons. The summed E-state index contributed by atoms with van der Waals surface area (Å²) in [6.45, 7) is 4.46. The molecule has 0 bridgehead atoms. The zero-order valence-electron chi connectivity index (χ0n) is 12.1. The zero-order chi connectivity index (χ0) is 14.3. The lowest BCUT2D eigenvalue weighted by atomic mass is 10.0. The van der Waals surface area contributed by atoms with Gasteiger partial charge in [-0.25, -0.2) is 0 Å². The van der Waals surface area contributed by atoms with Crippen molar-refractivity contribution in [1.82, 2.24) is 9.88 Å². The second kappa shape index (κ2) is 5.66. The number of halogens is 1. The fraction of sp³-hybridized carbons (Fsp3) is 0.375. The number of aromatic nitrogens is 1. The highest BCUT2D eigenvalue weighted by atomic mass is 127. The Balaban J connectivity index is 0.000000581. The predicted molar refractivity (Wildman–Crippen MR) is 98.4 cm³/mol. The molecule has 0 amide bonds. The number of nitrogens with one attached hydrogen (secondary N) is 1. The molecule has 0 atom stereocenters. The molecule has 2 aromatic heterocycles. The lowest BCUT2D eigenvalue weighted by molar-refractivity contribution is 0.313. The van der Waals surface area contributed by atoms with Crippen LogP contribution in [-0.4, -0.2) is 28.4 Å². The molecule has 1 aliphatic heterocycles. The Labute approximate surface area is 137 Å². The van der Waals surface area contributed by atoms with Gasteiger partial charge in [-0.15, -0.1) is 11.3 Å². The van der Waals surface area contributed by atoms with Crippen LogP contribution in [0, 0.1) is 6.92 Å². The number of H-pyrrole nitrogens is 1. The van der Waals surface area contributed by atoms with Crippen LogP contribution in [0.15, 0.2) is 17.5 Å². The van der Waals surface area contributed by atoms with Crippen LogP contribution in [0.1, 0.15) is 16.8 Å². The number of alkyl halides is 1. The van der Waals surface area contributed by atoms with Crippen molar-refractivity contribution in [2.24, 2.45) is 0 Å². The average molecular weight is 398 g/mol. The number of aromatic amines is 1. The summed E-state index contributed by atoms with van der Waals surface area (Å²) in [5, 5.41) is 5.20. The van der Waals surface area contributed by atoms with Crippen molar-refractivity contribution in [1.29, 1.82) is 0 Å². The normalized spacial score (nSPS) is 15.2. The van der Waals surface area contributed by atoms with E-state index in [1.807, 2.05) is 16.3 Å². The molecule has 3 aromatic rings. The molecule has 0 unspecified atom stereocenters. The van der Waals surface area contributed by atoms with Crippen molar-refractivity contribution in [3.8, 4) is 0 Å². The quantitative estimate of drug-likeness (QED) is 0.429. The van der Waals surface area contributed by atoms with E-state index < -0.39 is 0 Å². The third kappa shape index (κ3) is 2.18. The zero-order valence-corrected chi connectivity index (χ0v) is 15.1. The minimum absolute atomic E-state index is 1.07. The molecule has 0 saturated heterocycles. The highest BCUT2D eigenvalue weighted by molar-refractivity contribution is 14.1. The van der Waals surface area contributed by atoms with Crippen LogP contribution in [-0.2, 0) is 13.0 Å². The number of hydrogen-bond donors (Lipinski definition) is 1. The molecule has 1 aliphatic rings. The molecule has 20 heavy (non-hydrogen) atoms. The predicted octanol–water partition coefficient (Wildman–Crippen LogP) is 4.73. The van der Waals surface area contributed by atoms with E-state index in [2.05, 4.69) is 64.0 Å². The van der Waals surface area contributed by atoms with Gasteiger partial charge in [-0.3, -0.25) is 0 Å². The minimum atomic E-state index is 1.07. The van der Waals surface area contributed by atoms with E-state index in [0.717, 1.165) is 19.5 Å². The molecule has 106 valence electrons. The van der Waals surface area contributed by atoms with E-state index in [1.165, 1.54) is 37.8 Å². The molecule has 4 rings (SSSR count).